The molecule has 2 rings (SSSR count). The van der Waals surface area contributed by atoms with Gasteiger partial charge >= 0.3 is 0 Å². The number of halogens is 2. The van der Waals surface area contributed by atoms with Crippen LogP contribution in [0.2, 0.25) is 0 Å². The van der Waals surface area contributed by atoms with Crippen molar-refractivity contribution >= 4 is 11.8 Å². The Morgan fingerprint density at radius 3 is 2.61 bits per heavy atom. The Morgan fingerprint density at radius 2 is 1.94 bits per heavy atom. The molecule has 0 bridgehead atoms. The Bertz CT molecular complexity index is 558. The van der Waals surface area contributed by atoms with E-state index in [2.05, 4.69) is 4.98 Å². The molecule has 0 fully saturated rings. The summed E-state index contributed by atoms with van der Waals surface area (Å²) in [6.45, 7) is 1.88. The summed E-state index contributed by atoms with van der Waals surface area (Å²) in [7, 11) is 0. The molecule has 1 heterocycles. The SMILES string of the molecule is CC(N)c1ccnc(Sc2ccc(F)c(F)c2)c1. The second kappa shape index (κ2) is 5.46. The van der Waals surface area contributed by atoms with E-state index in [9.17, 15) is 8.78 Å². The fourth-order valence-electron chi connectivity index (χ4n) is 1.42. The van der Waals surface area contributed by atoms with E-state index in [0.29, 0.717) is 9.92 Å². The molecular weight excluding hydrogens is 254 g/mol. The Labute approximate surface area is 108 Å². The Kier molecular flexibility index (Phi) is 3.93. The first kappa shape index (κ1) is 13.0. The minimum Gasteiger partial charge on any atom is -0.324 e. The molecule has 5 heteroatoms. The van der Waals surface area contributed by atoms with E-state index in [0.717, 1.165) is 17.7 Å². The fourth-order valence-corrected chi connectivity index (χ4v) is 2.27. The number of pyridine rings is 1. The van der Waals surface area contributed by atoms with E-state index in [1.165, 1.54) is 17.8 Å². The van der Waals surface area contributed by atoms with Crippen LogP contribution in [-0.4, -0.2) is 4.98 Å². The maximum Gasteiger partial charge on any atom is 0.159 e. The molecule has 1 unspecified atom stereocenters. The maximum absolute atomic E-state index is 13.1. The first-order valence-electron chi connectivity index (χ1n) is 5.40. The summed E-state index contributed by atoms with van der Waals surface area (Å²) >= 11 is 1.27. The van der Waals surface area contributed by atoms with Crippen molar-refractivity contribution in [1.29, 1.82) is 0 Å². The predicted molar refractivity (Wildman–Crippen MR) is 67.3 cm³/mol. The molecule has 0 amide bonds. The van der Waals surface area contributed by atoms with Gasteiger partial charge in [-0.25, -0.2) is 13.8 Å². The Morgan fingerprint density at radius 1 is 1.17 bits per heavy atom. The van der Waals surface area contributed by atoms with Crippen LogP contribution in [0, 0.1) is 11.6 Å². The second-order valence-electron chi connectivity index (χ2n) is 3.89. The molecular formula is C13H12F2N2S. The van der Waals surface area contributed by atoms with Crippen LogP contribution in [0.4, 0.5) is 8.78 Å². The number of nitrogens with zero attached hydrogens (tertiary/aromatic N) is 1. The van der Waals surface area contributed by atoms with E-state index in [4.69, 9.17) is 5.73 Å². The van der Waals surface area contributed by atoms with Crippen LogP contribution in [0.5, 0.6) is 0 Å². The predicted octanol–water partition coefficient (Wildman–Crippen LogP) is 3.53. The summed E-state index contributed by atoms with van der Waals surface area (Å²) in [5, 5.41) is 0.704. The lowest BCUT2D eigenvalue weighted by Gasteiger charge is -2.07. The van der Waals surface area contributed by atoms with Gasteiger partial charge in [-0.05, 0) is 42.8 Å². The lowest BCUT2D eigenvalue weighted by Crippen LogP contribution is -2.04. The third-order valence-corrected chi connectivity index (χ3v) is 3.32. The molecule has 2 aromatic rings. The van der Waals surface area contributed by atoms with Crippen LogP contribution in [0.25, 0.3) is 0 Å². The molecule has 0 aliphatic heterocycles. The van der Waals surface area contributed by atoms with Crippen LogP contribution >= 0.6 is 11.8 Å². The highest BCUT2D eigenvalue weighted by atomic mass is 32.2. The summed E-state index contributed by atoms with van der Waals surface area (Å²) in [5.74, 6) is -1.71. The molecule has 18 heavy (non-hydrogen) atoms. The molecule has 1 aromatic carbocycles. The molecule has 0 aliphatic rings. The molecule has 1 aromatic heterocycles. The summed E-state index contributed by atoms with van der Waals surface area (Å²) in [5.41, 5.74) is 6.73. The zero-order valence-electron chi connectivity index (χ0n) is 9.73. The highest BCUT2D eigenvalue weighted by Crippen LogP contribution is 2.28. The molecule has 0 aliphatic carbocycles. The Balaban J connectivity index is 2.23. The van der Waals surface area contributed by atoms with Crippen LogP contribution in [0.15, 0.2) is 46.5 Å². The fraction of sp³-hybridized carbons (Fsp3) is 0.154. The van der Waals surface area contributed by atoms with Crippen molar-refractivity contribution in [2.45, 2.75) is 22.9 Å². The number of nitrogens with two attached hydrogens (primary N) is 1. The number of hydrogen-bond donors (Lipinski definition) is 1. The topological polar surface area (TPSA) is 38.9 Å². The van der Waals surface area contributed by atoms with E-state index in [-0.39, 0.29) is 6.04 Å². The van der Waals surface area contributed by atoms with E-state index in [1.807, 2.05) is 19.1 Å². The summed E-state index contributed by atoms with van der Waals surface area (Å²) < 4.78 is 25.9. The average Bonchev–Trinajstić information content (AvgIpc) is 2.34. The van der Waals surface area contributed by atoms with Gasteiger partial charge in [-0.1, -0.05) is 11.8 Å². The van der Waals surface area contributed by atoms with Gasteiger partial charge in [0.1, 0.15) is 5.03 Å². The van der Waals surface area contributed by atoms with Gasteiger partial charge in [-0.3, -0.25) is 0 Å². The van der Waals surface area contributed by atoms with Gasteiger partial charge in [-0.2, -0.15) is 0 Å². The van der Waals surface area contributed by atoms with Crippen molar-refractivity contribution in [3.63, 3.8) is 0 Å². The quantitative estimate of drug-likeness (QED) is 0.923. The van der Waals surface area contributed by atoms with Crippen molar-refractivity contribution in [3.8, 4) is 0 Å². The molecule has 0 spiro atoms. The summed E-state index contributed by atoms with van der Waals surface area (Å²) in [4.78, 5) is 4.76. The monoisotopic (exact) mass is 266 g/mol. The number of hydrogen-bond acceptors (Lipinski definition) is 3. The number of rotatable bonds is 3. The molecule has 0 saturated carbocycles. The average molecular weight is 266 g/mol. The number of benzene rings is 1. The van der Waals surface area contributed by atoms with Crippen molar-refractivity contribution in [2.24, 2.45) is 5.73 Å². The van der Waals surface area contributed by atoms with Crippen molar-refractivity contribution in [3.05, 3.63) is 53.7 Å². The van der Waals surface area contributed by atoms with Crippen molar-refractivity contribution in [2.75, 3.05) is 0 Å². The smallest absolute Gasteiger partial charge is 0.159 e. The molecule has 2 N–H and O–H groups in total. The van der Waals surface area contributed by atoms with Crippen molar-refractivity contribution in [1.82, 2.24) is 4.98 Å². The number of aromatic nitrogens is 1. The minimum atomic E-state index is -0.858. The van der Waals surface area contributed by atoms with E-state index >= 15 is 0 Å². The van der Waals surface area contributed by atoms with Gasteiger partial charge in [0.05, 0.1) is 0 Å². The third-order valence-electron chi connectivity index (χ3n) is 2.40. The van der Waals surface area contributed by atoms with Gasteiger partial charge in [-0.15, -0.1) is 0 Å². The lowest BCUT2D eigenvalue weighted by molar-refractivity contribution is 0.506. The van der Waals surface area contributed by atoms with Gasteiger partial charge in [0.2, 0.25) is 0 Å². The van der Waals surface area contributed by atoms with Gasteiger partial charge in [0.25, 0.3) is 0 Å². The lowest BCUT2D eigenvalue weighted by atomic mass is 10.1. The van der Waals surface area contributed by atoms with E-state index < -0.39 is 11.6 Å². The molecule has 2 nitrogen and oxygen atoms in total. The second-order valence-corrected chi connectivity index (χ2v) is 4.99. The van der Waals surface area contributed by atoms with Crippen LogP contribution in [0.1, 0.15) is 18.5 Å². The first-order chi connectivity index (χ1) is 8.56. The van der Waals surface area contributed by atoms with Gasteiger partial charge in [0.15, 0.2) is 11.6 Å². The van der Waals surface area contributed by atoms with Gasteiger partial charge < -0.3 is 5.73 Å². The minimum absolute atomic E-state index is 0.0858. The third kappa shape index (κ3) is 3.05. The zero-order valence-corrected chi connectivity index (χ0v) is 10.5. The van der Waals surface area contributed by atoms with Crippen LogP contribution < -0.4 is 5.73 Å². The molecule has 0 saturated heterocycles. The highest BCUT2D eigenvalue weighted by molar-refractivity contribution is 7.99. The maximum atomic E-state index is 13.1. The van der Waals surface area contributed by atoms with Crippen molar-refractivity contribution < 1.29 is 8.78 Å². The Hall–Kier alpha value is -1.46. The standard InChI is InChI=1S/C13H12F2N2S/c1-8(16)9-4-5-17-13(6-9)18-10-2-3-11(14)12(15)7-10/h2-8H,16H2,1H3. The summed E-state index contributed by atoms with van der Waals surface area (Å²) in [6, 6.07) is 7.37. The molecule has 94 valence electrons. The summed E-state index contributed by atoms with van der Waals surface area (Å²) in [6.07, 6.45) is 1.65. The highest BCUT2D eigenvalue weighted by Gasteiger charge is 2.06. The molecule has 0 radical (unpaired) electrons. The molecule has 1 atom stereocenters. The van der Waals surface area contributed by atoms with Crippen LogP contribution in [-0.2, 0) is 0 Å². The van der Waals surface area contributed by atoms with E-state index in [1.54, 1.807) is 6.20 Å². The van der Waals surface area contributed by atoms with Gasteiger partial charge in [0, 0.05) is 17.1 Å². The largest absolute Gasteiger partial charge is 0.324 e. The zero-order chi connectivity index (χ0) is 13.1. The first-order valence-corrected chi connectivity index (χ1v) is 6.22. The normalized spacial score (nSPS) is 12.4. The van der Waals surface area contributed by atoms with Crippen LogP contribution in [0.3, 0.4) is 0 Å².